The number of hydrogen-bond acceptors (Lipinski definition) is 2. The lowest BCUT2D eigenvalue weighted by Gasteiger charge is -2.39. The maximum absolute atomic E-state index is 12.0. The summed E-state index contributed by atoms with van der Waals surface area (Å²) in [4.78, 5) is 13.9. The Balaban J connectivity index is 2.53. The summed E-state index contributed by atoms with van der Waals surface area (Å²) >= 11 is 2.46. The number of halogens is 1. The van der Waals surface area contributed by atoms with Crippen molar-refractivity contribution in [3.63, 3.8) is 0 Å². The van der Waals surface area contributed by atoms with Gasteiger partial charge < -0.3 is 9.64 Å². The lowest BCUT2D eigenvalue weighted by Crippen LogP contribution is -2.46. The Kier molecular flexibility index (Phi) is 5.74. The van der Waals surface area contributed by atoms with E-state index >= 15 is 0 Å². The second-order valence-electron chi connectivity index (χ2n) is 6.49. The van der Waals surface area contributed by atoms with Crippen LogP contribution in [0.3, 0.4) is 0 Å². The highest BCUT2D eigenvalue weighted by Crippen LogP contribution is 2.31. The molecule has 1 aliphatic heterocycles. The zero-order chi connectivity index (χ0) is 13.9. The molecule has 3 atom stereocenters. The molecule has 0 aromatic carbocycles. The minimum Gasteiger partial charge on any atom is -0.444 e. The summed E-state index contributed by atoms with van der Waals surface area (Å²) < 4.78 is 6.63. The predicted octanol–water partition coefficient (Wildman–Crippen LogP) is 3.95. The molecule has 1 amide bonds. The van der Waals surface area contributed by atoms with Crippen molar-refractivity contribution in [1.29, 1.82) is 0 Å². The first kappa shape index (κ1) is 16.1. The molecule has 0 spiro atoms. The van der Waals surface area contributed by atoms with Gasteiger partial charge in [0, 0.05) is 17.5 Å². The predicted molar refractivity (Wildman–Crippen MR) is 83.1 cm³/mol. The maximum Gasteiger partial charge on any atom is 0.410 e. The topological polar surface area (TPSA) is 29.5 Å². The summed E-state index contributed by atoms with van der Waals surface area (Å²) in [7, 11) is 0. The fraction of sp³-hybridized carbons (Fsp3) is 0.929. The van der Waals surface area contributed by atoms with Gasteiger partial charge in [-0.15, -0.1) is 0 Å². The number of rotatable bonds is 2. The summed E-state index contributed by atoms with van der Waals surface area (Å²) in [5, 5.41) is 0. The standard InChI is InChI=1S/C14H26INO2/c1-10(8-15)12-6-7-16(9-11(12)2)13(17)18-14(3,4)5/h10-12H,6-9H2,1-5H3/t10?,11?,12-/m0/s1. The van der Waals surface area contributed by atoms with Gasteiger partial charge in [0.2, 0.25) is 0 Å². The van der Waals surface area contributed by atoms with Crippen LogP contribution in [0.5, 0.6) is 0 Å². The van der Waals surface area contributed by atoms with Crippen LogP contribution in [-0.4, -0.2) is 34.1 Å². The van der Waals surface area contributed by atoms with Gasteiger partial charge in [-0.3, -0.25) is 0 Å². The van der Waals surface area contributed by atoms with Crippen molar-refractivity contribution in [3.05, 3.63) is 0 Å². The van der Waals surface area contributed by atoms with Crippen molar-refractivity contribution in [1.82, 2.24) is 4.90 Å². The molecule has 0 bridgehead atoms. The van der Waals surface area contributed by atoms with Crippen LogP contribution in [0.25, 0.3) is 0 Å². The first-order valence-electron chi connectivity index (χ1n) is 6.78. The Morgan fingerprint density at radius 1 is 1.50 bits per heavy atom. The van der Waals surface area contributed by atoms with Crippen molar-refractivity contribution < 1.29 is 9.53 Å². The van der Waals surface area contributed by atoms with Crippen LogP contribution in [-0.2, 0) is 4.74 Å². The Labute approximate surface area is 125 Å². The van der Waals surface area contributed by atoms with E-state index in [2.05, 4.69) is 36.4 Å². The monoisotopic (exact) mass is 367 g/mol. The van der Waals surface area contributed by atoms with Crippen LogP contribution in [0.2, 0.25) is 0 Å². The lowest BCUT2D eigenvalue weighted by molar-refractivity contribution is 0.00851. The minimum absolute atomic E-state index is 0.157. The summed E-state index contributed by atoms with van der Waals surface area (Å²) in [6.07, 6.45) is 0.944. The minimum atomic E-state index is -0.396. The van der Waals surface area contributed by atoms with Crippen molar-refractivity contribution in [3.8, 4) is 0 Å². The van der Waals surface area contributed by atoms with Crippen molar-refractivity contribution in [2.75, 3.05) is 17.5 Å². The Bertz CT molecular complexity index is 288. The summed E-state index contributed by atoms with van der Waals surface area (Å²) in [5.41, 5.74) is -0.396. The molecule has 1 heterocycles. The van der Waals surface area contributed by atoms with Gasteiger partial charge in [0.15, 0.2) is 0 Å². The number of alkyl halides is 1. The average molecular weight is 367 g/mol. The highest BCUT2D eigenvalue weighted by atomic mass is 127. The van der Waals surface area contributed by atoms with Gasteiger partial charge in [0.1, 0.15) is 5.60 Å². The third-order valence-electron chi connectivity index (χ3n) is 3.60. The smallest absolute Gasteiger partial charge is 0.410 e. The van der Waals surface area contributed by atoms with E-state index in [9.17, 15) is 4.79 Å². The fourth-order valence-corrected chi connectivity index (χ4v) is 3.27. The molecule has 0 aromatic heterocycles. The SMILES string of the molecule is CC(CI)[C@@H]1CCN(C(=O)OC(C)(C)C)CC1C. The molecule has 18 heavy (non-hydrogen) atoms. The molecule has 0 saturated carbocycles. The van der Waals surface area contributed by atoms with Crippen molar-refractivity contribution in [2.45, 2.75) is 46.6 Å². The van der Waals surface area contributed by atoms with Gasteiger partial charge in [-0.1, -0.05) is 36.4 Å². The first-order chi connectivity index (χ1) is 8.24. The normalized spacial score (nSPS) is 26.9. The Morgan fingerprint density at radius 3 is 2.56 bits per heavy atom. The number of likely N-dealkylation sites (tertiary alicyclic amines) is 1. The first-order valence-corrected chi connectivity index (χ1v) is 8.31. The number of amides is 1. The number of carbonyl (C=O) groups is 1. The number of hydrogen-bond donors (Lipinski definition) is 0. The largest absolute Gasteiger partial charge is 0.444 e. The van der Waals surface area contributed by atoms with Gasteiger partial charge in [-0.25, -0.2) is 4.79 Å². The van der Waals surface area contributed by atoms with Gasteiger partial charge in [0.25, 0.3) is 0 Å². The van der Waals surface area contributed by atoms with E-state index < -0.39 is 5.60 Å². The maximum atomic E-state index is 12.0. The summed E-state index contributed by atoms with van der Waals surface area (Å²) in [5.74, 6) is 2.04. The summed E-state index contributed by atoms with van der Waals surface area (Å²) in [6, 6.07) is 0. The van der Waals surface area contributed by atoms with Gasteiger partial charge in [0.05, 0.1) is 0 Å². The van der Waals surface area contributed by atoms with Gasteiger partial charge in [-0.05, 0) is 44.9 Å². The van der Waals surface area contributed by atoms with E-state index in [0.29, 0.717) is 5.92 Å². The fourth-order valence-electron chi connectivity index (χ4n) is 2.62. The zero-order valence-electron chi connectivity index (χ0n) is 12.2. The Morgan fingerprint density at radius 2 is 2.11 bits per heavy atom. The van der Waals surface area contributed by atoms with E-state index in [1.54, 1.807) is 0 Å². The molecule has 0 aromatic rings. The van der Waals surface area contributed by atoms with Crippen molar-refractivity contribution in [2.24, 2.45) is 17.8 Å². The molecule has 1 aliphatic rings. The molecule has 0 aliphatic carbocycles. The van der Waals surface area contributed by atoms with E-state index in [1.807, 2.05) is 25.7 Å². The lowest BCUT2D eigenvalue weighted by atomic mass is 9.79. The number of piperidine rings is 1. The van der Waals surface area contributed by atoms with Crippen LogP contribution in [0.4, 0.5) is 4.79 Å². The molecular formula is C14H26INO2. The second-order valence-corrected chi connectivity index (χ2v) is 7.37. The molecule has 0 N–H and O–H groups in total. The number of carbonyl (C=O) groups excluding carboxylic acids is 1. The zero-order valence-corrected chi connectivity index (χ0v) is 14.4. The molecule has 106 valence electrons. The van der Waals surface area contributed by atoms with Crippen LogP contribution < -0.4 is 0 Å². The summed E-state index contributed by atoms with van der Waals surface area (Å²) in [6.45, 7) is 12.0. The van der Waals surface area contributed by atoms with E-state index in [1.165, 1.54) is 4.43 Å². The second kappa shape index (κ2) is 6.44. The van der Waals surface area contributed by atoms with Crippen molar-refractivity contribution >= 4 is 28.7 Å². The molecule has 4 heteroatoms. The molecule has 3 nitrogen and oxygen atoms in total. The Hall–Kier alpha value is 0. The third kappa shape index (κ3) is 4.59. The van der Waals surface area contributed by atoms with Crippen LogP contribution >= 0.6 is 22.6 Å². The molecule has 2 unspecified atom stereocenters. The van der Waals surface area contributed by atoms with E-state index in [4.69, 9.17) is 4.74 Å². The van der Waals surface area contributed by atoms with Crippen LogP contribution in [0.1, 0.15) is 41.0 Å². The molecule has 1 rings (SSSR count). The molecule has 0 radical (unpaired) electrons. The highest BCUT2D eigenvalue weighted by molar-refractivity contribution is 14.1. The average Bonchev–Trinajstić information content (AvgIpc) is 2.25. The number of ether oxygens (including phenoxy) is 1. The molecule has 1 saturated heterocycles. The molecule has 1 fully saturated rings. The van der Waals surface area contributed by atoms with Crippen LogP contribution in [0.15, 0.2) is 0 Å². The quantitative estimate of drug-likeness (QED) is 0.546. The van der Waals surface area contributed by atoms with E-state index in [0.717, 1.165) is 31.3 Å². The van der Waals surface area contributed by atoms with Gasteiger partial charge in [-0.2, -0.15) is 0 Å². The highest BCUT2D eigenvalue weighted by Gasteiger charge is 2.33. The number of nitrogens with zero attached hydrogens (tertiary/aromatic N) is 1. The van der Waals surface area contributed by atoms with E-state index in [-0.39, 0.29) is 6.09 Å². The molecular weight excluding hydrogens is 341 g/mol. The van der Waals surface area contributed by atoms with Gasteiger partial charge >= 0.3 is 6.09 Å². The van der Waals surface area contributed by atoms with Crippen LogP contribution in [0, 0.1) is 17.8 Å². The third-order valence-corrected chi connectivity index (χ3v) is 4.99.